The second-order valence-corrected chi connectivity index (χ2v) is 5.47. The zero-order chi connectivity index (χ0) is 13.7. The highest BCUT2D eigenvalue weighted by atomic mass is 32.2. The Hall–Kier alpha value is -1.56. The number of thioether (sulfide) groups is 1. The molecule has 18 heavy (non-hydrogen) atoms. The average molecular weight is 271 g/mol. The smallest absolute Gasteiger partial charge is 0.335 e. The van der Waals surface area contributed by atoms with E-state index < -0.39 is 11.8 Å². The van der Waals surface area contributed by atoms with Gasteiger partial charge in [0.2, 0.25) is 5.91 Å². The molecule has 0 fully saturated rings. The highest BCUT2D eigenvalue weighted by Gasteiger charge is 2.11. The lowest BCUT2D eigenvalue weighted by molar-refractivity contribution is -0.113. The maximum Gasteiger partial charge on any atom is 0.335 e. The van der Waals surface area contributed by atoms with Gasteiger partial charge < -0.3 is 10.4 Å². The third-order valence-electron chi connectivity index (χ3n) is 2.04. The third kappa shape index (κ3) is 4.37. The lowest BCUT2D eigenvalue weighted by Gasteiger charge is -2.08. The molecule has 0 bridgehead atoms. The minimum absolute atomic E-state index is 0.00523. The average Bonchev–Trinajstić information content (AvgIpc) is 2.29. The molecule has 0 saturated carbocycles. The number of rotatable bonds is 5. The van der Waals surface area contributed by atoms with Crippen molar-refractivity contribution in [2.24, 2.45) is 0 Å². The van der Waals surface area contributed by atoms with E-state index in [0.717, 1.165) is 6.07 Å². The Balaban J connectivity index is 2.68. The van der Waals surface area contributed by atoms with Gasteiger partial charge in [-0.2, -0.15) is 0 Å². The third-order valence-corrected chi connectivity index (χ3v) is 3.13. The summed E-state index contributed by atoms with van der Waals surface area (Å²) in [6.45, 7) is 3.92. The molecule has 0 unspecified atom stereocenters. The van der Waals surface area contributed by atoms with Crippen molar-refractivity contribution in [2.45, 2.75) is 19.1 Å². The number of carbonyl (C=O) groups is 2. The van der Waals surface area contributed by atoms with E-state index in [1.54, 1.807) is 0 Å². The van der Waals surface area contributed by atoms with Crippen LogP contribution < -0.4 is 5.32 Å². The van der Waals surface area contributed by atoms with Crippen LogP contribution in [0.4, 0.5) is 10.1 Å². The van der Waals surface area contributed by atoms with Gasteiger partial charge in [0.25, 0.3) is 0 Å². The monoisotopic (exact) mass is 271 g/mol. The SMILES string of the molecule is CC(C)SCC(=O)Nc1ccc(C(=O)O)cc1F. The maximum absolute atomic E-state index is 13.5. The molecule has 1 rings (SSSR count). The van der Waals surface area contributed by atoms with Crippen LogP contribution in [0, 0.1) is 5.82 Å². The number of carboxylic acid groups (broad SMARTS) is 1. The van der Waals surface area contributed by atoms with Crippen LogP contribution >= 0.6 is 11.8 Å². The number of halogens is 1. The van der Waals surface area contributed by atoms with Crippen molar-refractivity contribution < 1.29 is 19.1 Å². The van der Waals surface area contributed by atoms with Gasteiger partial charge in [-0.15, -0.1) is 11.8 Å². The number of carbonyl (C=O) groups excluding carboxylic acids is 1. The summed E-state index contributed by atoms with van der Waals surface area (Å²) in [6.07, 6.45) is 0. The van der Waals surface area contributed by atoms with Crippen molar-refractivity contribution in [3.63, 3.8) is 0 Å². The van der Waals surface area contributed by atoms with Crippen LogP contribution in [0.3, 0.4) is 0 Å². The minimum atomic E-state index is -1.21. The largest absolute Gasteiger partial charge is 0.478 e. The number of benzene rings is 1. The van der Waals surface area contributed by atoms with E-state index in [4.69, 9.17) is 5.11 Å². The number of hydrogen-bond acceptors (Lipinski definition) is 3. The summed E-state index contributed by atoms with van der Waals surface area (Å²) in [7, 11) is 0. The van der Waals surface area contributed by atoms with Gasteiger partial charge in [0.1, 0.15) is 5.82 Å². The zero-order valence-corrected chi connectivity index (χ0v) is 10.9. The minimum Gasteiger partial charge on any atom is -0.478 e. The molecular weight excluding hydrogens is 257 g/mol. The molecule has 0 saturated heterocycles. The Morgan fingerprint density at radius 1 is 1.44 bits per heavy atom. The molecular formula is C12H14FNO3S. The molecule has 0 spiro atoms. The number of carboxylic acids is 1. The summed E-state index contributed by atoms with van der Waals surface area (Å²) >= 11 is 1.44. The first kappa shape index (κ1) is 14.5. The molecule has 1 aromatic carbocycles. The number of nitrogens with one attached hydrogen (secondary N) is 1. The standard InChI is InChI=1S/C12H14FNO3S/c1-7(2)18-6-11(15)14-10-4-3-8(12(16)17)5-9(10)13/h3-5,7H,6H2,1-2H3,(H,14,15)(H,16,17). The lowest BCUT2D eigenvalue weighted by Crippen LogP contribution is -2.16. The molecule has 98 valence electrons. The molecule has 0 aliphatic heterocycles. The van der Waals surface area contributed by atoms with Crippen molar-refractivity contribution in [1.29, 1.82) is 0 Å². The van der Waals surface area contributed by atoms with E-state index in [1.165, 1.54) is 23.9 Å². The first-order valence-corrected chi connectivity index (χ1v) is 6.39. The highest BCUT2D eigenvalue weighted by molar-refractivity contribution is 8.00. The molecule has 2 N–H and O–H groups in total. The van der Waals surface area contributed by atoms with E-state index in [2.05, 4.69) is 5.32 Å². The highest BCUT2D eigenvalue weighted by Crippen LogP contribution is 2.17. The second-order valence-electron chi connectivity index (χ2n) is 3.91. The number of hydrogen-bond donors (Lipinski definition) is 2. The van der Waals surface area contributed by atoms with Crippen LogP contribution in [0.25, 0.3) is 0 Å². The van der Waals surface area contributed by atoms with Gasteiger partial charge >= 0.3 is 5.97 Å². The zero-order valence-electron chi connectivity index (χ0n) is 10.1. The van der Waals surface area contributed by atoms with E-state index >= 15 is 0 Å². The predicted octanol–water partition coefficient (Wildman–Crippen LogP) is 2.60. The van der Waals surface area contributed by atoms with Crippen molar-refractivity contribution >= 4 is 29.3 Å². The van der Waals surface area contributed by atoms with Crippen LogP contribution in [-0.2, 0) is 4.79 Å². The Morgan fingerprint density at radius 2 is 2.11 bits per heavy atom. The fourth-order valence-corrected chi connectivity index (χ4v) is 1.74. The van der Waals surface area contributed by atoms with Crippen molar-refractivity contribution in [3.05, 3.63) is 29.6 Å². The van der Waals surface area contributed by atoms with E-state index in [-0.39, 0.29) is 22.9 Å². The van der Waals surface area contributed by atoms with E-state index in [1.807, 2.05) is 13.8 Å². The topological polar surface area (TPSA) is 66.4 Å². The van der Waals surface area contributed by atoms with Gasteiger partial charge in [-0.3, -0.25) is 4.79 Å². The Labute approximate surface area is 109 Å². The molecule has 0 aliphatic rings. The fraction of sp³-hybridized carbons (Fsp3) is 0.333. The van der Waals surface area contributed by atoms with Gasteiger partial charge in [0.05, 0.1) is 17.0 Å². The molecule has 1 aromatic rings. The van der Waals surface area contributed by atoms with E-state index in [0.29, 0.717) is 5.25 Å². The summed E-state index contributed by atoms with van der Waals surface area (Å²) in [5, 5.41) is 11.4. The summed E-state index contributed by atoms with van der Waals surface area (Å²) in [6, 6.07) is 3.38. The second kappa shape index (κ2) is 6.39. The number of amides is 1. The van der Waals surface area contributed by atoms with Gasteiger partial charge in [-0.05, 0) is 23.4 Å². The van der Waals surface area contributed by atoms with Crippen molar-refractivity contribution in [3.8, 4) is 0 Å². The molecule has 0 aliphatic carbocycles. The summed E-state index contributed by atoms with van der Waals surface area (Å²) < 4.78 is 13.5. The van der Waals surface area contributed by atoms with Gasteiger partial charge in [-0.25, -0.2) is 9.18 Å². The van der Waals surface area contributed by atoms with Gasteiger partial charge in [0, 0.05) is 0 Å². The normalized spacial score (nSPS) is 10.4. The van der Waals surface area contributed by atoms with Crippen molar-refractivity contribution in [2.75, 3.05) is 11.1 Å². The molecule has 6 heteroatoms. The number of aromatic carboxylic acids is 1. The maximum atomic E-state index is 13.5. The summed E-state index contributed by atoms with van der Waals surface area (Å²) in [4.78, 5) is 22.1. The fourth-order valence-electron chi connectivity index (χ4n) is 1.18. The molecule has 0 radical (unpaired) electrons. The van der Waals surface area contributed by atoms with Gasteiger partial charge in [-0.1, -0.05) is 13.8 Å². The van der Waals surface area contributed by atoms with E-state index in [9.17, 15) is 14.0 Å². The van der Waals surface area contributed by atoms with Crippen molar-refractivity contribution in [1.82, 2.24) is 0 Å². The molecule has 1 amide bonds. The predicted molar refractivity (Wildman–Crippen MR) is 69.6 cm³/mol. The Bertz CT molecular complexity index is 463. The lowest BCUT2D eigenvalue weighted by atomic mass is 10.2. The van der Waals surface area contributed by atoms with Crippen LogP contribution in [0.2, 0.25) is 0 Å². The molecule has 0 aromatic heterocycles. The summed E-state index contributed by atoms with van der Waals surface area (Å²) in [5.74, 6) is -2.03. The summed E-state index contributed by atoms with van der Waals surface area (Å²) in [5.41, 5.74) is -0.156. The molecule has 4 nitrogen and oxygen atoms in total. The Kier molecular flexibility index (Phi) is 5.15. The van der Waals surface area contributed by atoms with Gasteiger partial charge in [0.15, 0.2) is 0 Å². The first-order chi connectivity index (χ1) is 8.40. The Morgan fingerprint density at radius 3 is 2.61 bits per heavy atom. The van der Waals surface area contributed by atoms with Crippen LogP contribution in [0.15, 0.2) is 18.2 Å². The quantitative estimate of drug-likeness (QED) is 0.864. The van der Waals surface area contributed by atoms with Crippen LogP contribution in [-0.4, -0.2) is 28.0 Å². The first-order valence-electron chi connectivity index (χ1n) is 5.34. The van der Waals surface area contributed by atoms with Crippen LogP contribution in [0.5, 0.6) is 0 Å². The molecule has 0 heterocycles. The van der Waals surface area contributed by atoms with Crippen LogP contribution in [0.1, 0.15) is 24.2 Å². The number of anilines is 1. The molecule has 0 atom stereocenters.